The summed E-state index contributed by atoms with van der Waals surface area (Å²) >= 11 is 26.7. The standard InChI is InChI=1S/C40H56Cl4N12O6S/c41-24-18-22(23-19-25(42)34(44)26(43)20-23)13-14-30(24)62-17-5-1-2-11-32(57)51-27(8-6-15-49-38(45)46)36(59)52-28(9-7-16-50-39(47)48)37(60)56-55-33(58)12-4-3-10-31-35-29(21-63-31)53-40(61)54-35/h13-14,18-20,27-29,31,35H,1-12,15-17,21H2,(H,51,57)(H,52,59)(H,55,58)(H,56,60)(H4,45,46,49)(H4,47,48,50)(H2,53,54,61)/t27-,28-,29?,31?,35?/m0/s1. The fourth-order valence-corrected chi connectivity index (χ4v) is 9.28. The van der Waals surface area contributed by atoms with Gasteiger partial charge in [-0.3, -0.25) is 40.0 Å². The molecule has 14 N–H and O–H groups in total. The van der Waals surface area contributed by atoms with Gasteiger partial charge in [0.2, 0.25) is 17.7 Å². The van der Waals surface area contributed by atoms with Crippen LogP contribution in [-0.4, -0.2) is 96.4 Å². The van der Waals surface area contributed by atoms with E-state index in [9.17, 15) is 24.0 Å². The van der Waals surface area contributed by atoms with E-state index in [0.29, 0.717) is 65.9 Å². The Morgan fingerprint density at radius 2 is 1.35 bits per heavy atom. The van der Waals surface area contributed by atoms with Gasteiger partial charge < -0.3 is 48.9 Å². The number of rotatable bonds is 25. The van der Waals surface area contributed by atoms with Crippen LogP contribution >= 0.6 is 58.2 Å². The van der Waals surface area contributed by atoms with Crippen LogP contribution in [0.2, 0.25) is 20.1 Å². The van der Waals surface area contributed by atoms with E-state index in [1.807, 2.05) is 6.07 Å². The zero-order valence-electron chi connectivity index (χ0n) is 34.7. The number of nitrogens with two attached hydrogens (primary N) is 4. The third-order valence-corrected chi connectivity index (χ3v) is 13.1. The number of hydrogen-bond acceptors (Lipinski definition) is 9. The highest BCUT2D eigenvalue weighted by atomic mass is 35.5. The predicted molar refractivity (Wildman–Crippen MR) is 250 cm³/mol. The highest BCUT2D eigenvalue weighted by Crippen LogP contribution is 2.37. The molecule has 23 heteroatoms. The molecule has 0 aliphatic carbocycles. The second-order valence-corrected chi connectivity index (χ2v) is 17.9. The normalized spacial score (nSPS) is 17.3. The number of thioether (sulfide) groups is 1. The van der Waals surface area contributed by atoms with Crippen LogP contribution in [0.25, 0.3) is 11.1 Å². The molecule has 2 aliphatic rings. The van der Waals surface area contributed by atoms with Crippen LogP contribution < -0.4 is 59.8 Å². The number of benzene rings is 2. The monoisotopic (exact) mass is 972 g/mol. The number of hydrazine groups is 1. The Balaban J connectivity index is 1.24. The highest BCUT2D eigenvalue weighted by Gasteiger charge is 2.42. The fraction of sp³-hybridized carbons (Fsp3) is 0.525. The first kappa shape index (κ1) is 51.1. The number of amides is 6. The number of halogens is 4. The Morgan fingerprint density at radius 3 is 2.00 bits per heavy atom. The van der Waals surface area contributed by atoms with E-state index < -0.39 is 29.8 Å². The molecule has 5 atom stereocenters. The number of ether oxygens (including phenoxy) is 1. The van der Waals surface area contributed by atoms with Crippen molar-refractivity contribution in [2.45, 2.75) is 106 Å². The maximum absolute atomic E-state index is 13.7. The summed E-state index contributed by atoms with van der Waals surface area (Å²) in [5.41, 5.74) is 28.2. The summed E-state index contributed by atoms with van der Waals surface area (Å²) in [5, 5.41) is 13.0. The third-order valence-electron chi connectivity index (χ3n) is 10.1. The Bertz CT molecular complexity index is 1950. The molecule has 4 rings (SSSR count). The number of aliphatic imine (C=N–C) groups is 2. The van der Waals surface area contributed by atoms with E-state index in [0.717, 1.165) is 29.7 Å². The second kappa shape index (κ2) is 26.3. The molecule has 2 saturated heterocycles. The average molecular weight is 975 g/mol. The van der Waals surface area contributed by atoms with Crippen LogP contribution in [0.5, 0.6) is 5.75 Å². The molecule has 2 heterocycles. The summed E-state index contributed by atoms with van der Waals surface area (Å²) in [6.45, 7) is 0.748. The summed E-state index contributed by atoms with van der Waals surface area (Å²) in [7, 11) is 0. The lowest BCUT2D eigenvalue weighted by molar-refractivity contribution is -0.134. The van der Waals surface area contributed by atoms with Gasteiger partial charge in [0.05, 0.1) is 38.8 Å². The maximum atomic E-state index is 13.7. The van der Waals surface area contributed by atoms with Crippen molar-refractivity contribution >= 4 is 99.7 Å². The molecule has 346 valence electrons. The van der Waals surface area contributed by atoms with E-state index in [-0.39, 0.29) is 85.0 Å². The number of carbonyl (C=O) groups is 5. The number of nitrogens with one attached hydrogen (secondary N) is 6. The first-order chi connectivity index (χ1) is 30.1. The molecule has 0 bridgehead atoms. The van der Waals surface area contributed by atoms with E-state index in [1.165, 1.54) is 0 Å². The summed E-state index contributed by atoms with van der Waals surface area (Å²) in [6, 6.07) is 6.65. The number of guanidine groups is 2. The van der Waals surface area contributed by atoms with E-state index >= 15 is 0 Å². The van der Waals surface area contributed by atoms with E-state index in [2.05, 4.69) is 42.1 Å². The third kappa shape index (κ3) is 17.5. The molecule has 2 aromatic rings. The largest absolute Gasteiger partial charge is 0.492 e. The molecule has 0 radical (unpaired) electrons. The number of unbranched alkanes of at least 4 members (excludes halogenated alkanes) is 3. The first-order valence-electron chi connectivity index (χ1n) is 20.7. The zero-order valence-corrected chi connectivity index (χ0v) is 38.5. The lowest BCUT2D eigenvalue weighted by Crippen LogP contribution is -2.56. The van der Waals surface area contributed by atoms with Crippen molar-refractivity contribution < 1.29 is 28.7 Å². The predicted octanol–water partition coefficient (Wildman–Crippen LogP) is 3.86. The number of hydrogen-bond donors (Lipinski definition) is 10. The minimum Gasteiger partial charge on any atom is -0.492 e. The molecule has 0 aromatic heterocycles. The van der Waals surface area contributed by atoms with Crippen LogP contribution in [-0.2, 0) is 19.2 Å². The SMILES string of the molecule is NC(N)=NCCC[C@H](NC(=O)CCCCCOc1ccc(-c2cc(Cl)c(Cl)c(Cl)c2)cc1Cl)C(=O)N[C@@H](CCCN=C(N)N)C(=O)NNC(=O)CCCCC1SCC2NC(=O)NC21. The molecule has 0 saturated carbocycles. The molecule has 63 heavy (non-hydrogen) atoms. The number of carbonyl (C=O) groups excluding carboxylic acids is 5. The van der Waals surface area contributed by atoms with Gasteiger partial charge in [0.25, 0.3) is 5.91 Å². The van der Waals surface area contributed by atoms with Gasteiger partial charge in [-0.1, -0.05) is 58.9 Å². The smallest absolute Gasteiger partial charge is 0.315 e. The van der Waals surface area contributed by atoms with Crippen molar-refractivity contribution in [3.63, 3.8) is 0 Å². The van der Waals surface area contributed by atoms with E-state index in [1.54, 1.807) is 36.0 Å². The average Bonchev–Trinajstić information content (AvgIpc) is 3.79. The van der Waals surface area contributed by atoms with E-state index in [4.69, 9.17) is 74.1 Å². The number of fused-ring (bicyclic) bond motifs is 1. The van der Waals surface area contributed by atoms with Gasteiger partial charge >= 0.3 is 6.03 Å². The zero-order chi connectivity index (χ0) is 45.9. The second-order valence-electron chi connectivity index (χ2n) is 15.0. The van der Waals surface area contributed by atoms with Crippen molar-refractivity contribution in [1.82, 2.24) is 32.1 Å². The van der Waals surface area contributed by atoms with Gasteiger partial charge in [0.15, 0.2) is 11.9 Å². The van der Waals surface area contributed by atoms with Gasteiger partial charge in [0, 0.05) is 36.9 Å². The summed E-state index contributed by atoms with van der Waals surface area (Å²) in [6.07, 6.45) is 5.20. The lowest BCUT2D eigenvalue weighted by Gasteiger charge is -2.23. The number of urea groups is 1. The fourth-order valence-electron chi connectivity index (χ4n) is 6.90. The Hall–Kier alpha value is -4.56. The molecule has 18 nitrogen and oxygen atoms in total. The molecule has 2 fully saturated rings. The molecule has 2 aliphatic heterocycles. The van der Waals surface area contributed by atoms with Gasteiger partial charge in [-0.25, -0.2) is 4.79 Å². The molecule has 2 aromatic carbocycles. The summed E-state index contributed by atoms with van der Waals surface area (Å²) in [4.78, 5) is 72.3. The number of nitrogens with zero attached hydrogens (tertiary/aromatic N) is 2. The quantitative estimate of drug-likeness (QED) is 0.0170. The highest BCUT2D eigenvalue weighted by molar-refractivity contribution is 8.00. The van der Waals surface area contributed by atoms with Crippen LogP contribution in [0.3, 0.4) is 0 Å². The van der Waals surface area contributed by atoms with Gasteiger partial charge in [-0.15, -0.1) is 0 Å². The van der Waals surface area contributed by atoms with Crippen LogP contribution in [0.15, 0.2) is 40.3 Å². The minimum atomic E-state index is -1.11. The Kier molecular flexibility index (Phi) is 21.3. The van der Waals surface area contributed by atoms with Crippen molar-refractivity contribution in [3.8, 4) is 16.9 Å². The van der Waals surface area contributed by atoms with Gasteiger partial charge in [-0.2, -0.15) is 11.8 Å². The topological polar surface area (TPSA) is 296 Å². The summed E-state index contributed by atoms with van der Waals surface area (Å²) < 4.78 is 5.88. The molecular formula is C40H56Cl4N12O6S. The van der Waals surface area contributed by atoms with Gasteiger partial charge in [0.1, 0.15) is 17.8 Å². The molecule has 6 amide bonds. The minimum absolute atomic E-state index is 0.0831. The van der Waals surface area contributed by atoms with Crippen molar-refractivity contribution in [2.24, 2.45) is 32.9 Å². The van der Waals surface area contributed by atoms with Crippen molar-refractivity contribution in [2.75, 3.05) is 25.4 Å². The molecular weight excluding hydrogens is 918 g/mol. The Labute approximate surface area is 390 Å². The van der Waals surface area contributed by atoms with Gasteiger partial charge in [-0.05, 0) is 93.2 Å². The maximum Gasteiger partial charge on any atom is 0.315 e. The van der Waals surface area contributed by atoms with Crippen LogP contribution in [0.4, 0.5) is 4.79 Å². The first-order valence-corrected chi connectivity index (χ1v) is 23.2. The summed E-state index contributed by atoms with van der Waals surface area (Å²) in [5.74, 6) is -0.933. The molecule has 3 unspecified atom stereocenters. The van der Waals surface area contributed by atoms with Crippen LogP contribution in [0.1, 0.15) is 77.0 Å². The van der Waals surface area contributed by atoms with Crippen molar-refractivity contribution in [1.29, 1.82) is 0 Å². The Morgan fingerprint density at radius 1 is 0.730 bits per heavy atom. The lowest BCUT2D eigenvalue weighted by atomic mass is 10.0. The van der Waals surface area contributed by atoms with Crippen molar-refractivity contribution in [3.05, 3.63) is 50.4 Å². The van der Waals surface area contributed by atoms with Crippen LogP contribution in [0, 0.1) is 0 Å². The molecule has 0 spiro atoms.